The summed E-state index contributed by atoms with van der Waals surface area (Å²) in [5.74, 6) is -0.924. The number of ether oxygens (including phenoxy) is 3. The second-order valence-corrected chi connectivity index (χ2v) is 3.59. The van der Waals surface area contributed by atoms with E-state index >= 15 is 0 Å². The number of rotatable bonds is 5. The first kappa shape index (κ1) is 14.2. The van der Waals surface area contributed by atoms with Crippen LogP contribution in [-0.4, -0.2) is 39.4 Å². The van der Waals surface area contributed by atoms with Crippen molar-refractivity contribution in [3.05, 3.63) is 23.0 Å². The van der Waals surface area contributed by atoms with Crippen molar-refractivity contribution in [1.29, 1.82) is 0 Å². The van der Waals surface area contributed by atoms with Crippen molar-refractivity contribution in [2.24, 2.45) is 0 Å². The molecule has 18 heavy (non-hydrogen) atoms. The van der Waals surface area contributed by atoms with Crippen LogP contribution in [0, 0.1) is 0 Å². The monoisotopic (exact) mass is 255 g/mol. The number of hydrogen-bond acceptors (Lipinski definition) is 6. The Morgan fingerprint density at radius 2 is 2.06 bits per heavy atom. The lowest BCUT2D eigenvalue weighted by molar-refractivity contribution is -0.138. The van der Waals surface area contributed by atoms with Gasteiger partial charge in [-0.3, -0.25) is 0 Å². The summed E-state index contributed by atoms with van der Waals surface area (Å²) >= 11 is 0. The summed E-state index contributed by atoms with van der Waals surface area (Å²) in [5, 5.41) is 2.87. The summed E-state index contributed by atoms with van der Waals surface area (Å²) in [6, 6.07) is 0. The third-order valence-electron chi connectivity index (χ3n) is 2.41. The summed E-state index contributed by atoms with van der Waals surface area (Å²) in [6.07, 6.45) is 1.70. The molecule has 0 radical (unpaired) electrons. The van der Waals surface area contributed by atoms with Gasteiger partial charge >= 0.3 is 11.9 Å². The zero-order valence-corrected chi connectivity index (χ0v) is 10.7. The van der Waals surface area contributed by atoms with Gasteiger partial charge in [-0.25, -0.2) is 9.59 Å². The molecule has 0 amide bonds. The van der Waals surface area contributed by atoms with Gasteiger partial charge in [0.1, 0.15) is 0 Å². The molecule has 1 aliphatic heterocycles. The molecule has 0 aliphatic carbocycles. The van der Waals surface area contributed by atoms with E-state index in [-0.39, 0.29) is 13.0 Å². The largest absolute Gasteiger partial charge is 0.466 e. The van der Waals surface area contributed by atoms with Gasteiger partial charge < -0.3 is 19.5 Å². The second kappa shape index (κ2) is 6.80. The van der Waals surface area contributed by atoms with E-state index in [1.165, 1.54) is 20.4 Å². The van der Waals surface area contributed by atoms with Crippen molar-refractivity contribution in [2.45, 2.75) is 13.3 Å². The topological polar surface area (TPSA) is 73.9 Å². The van der Waals surface area contributed by atoms with Crippen molar-refractivity contribution in [2.75, 3.05) is 27.4 Å². The number of carbonyl (C=O) groups excluding carboxylic acids is 2. The predicted octanol–water partition coefficient (Wildman–Crippen LogP) is 0.500. The minimum atomic E-state index is -0.482. The van der Waals surface area contributed by atoms with E-state index in [4.69, 9.17) is 9.47 Å². The van der Waals surface area contributed by atoms with Crippen LogP contribution in [0.1, 0.15) is 13.3 Å². The lowest BCUT2D eigenvalue weighted by Crippen LogP contribution is -2.26. The average Bonchev–Trinajstić information content (AvgIpc) is 2.39. The van der Waals surface area contributed by atoms with Crippen LogP contribution in [0.2, 0.25) is 0 Å². The maximum Gasteiger partial charge on any atom is 0.335 e. The molecule has 0 fully saturated rings. The van der Waals surface area contributed by atoms with Crippen molar-refractivity contribution in [1.82, 2.24) is 5.32 Å². The highest BCUT2D eigenvalue weighted by Gasteiger charge is 2.24. The molecular weight excluding hydrogens is 238 g/mol. The summed E-state index contributed by atoms with van der Waals surface area (Å²) in [7, 11) is 2.82. The smallest absolute Gasteiger partial charge is 0.335 e. The van der Waals surface area contributed by atoms with E-state index in [9.17, 15) is 9.59 Å². The molecule has 0 unspecified atom stereocenters. The molecule has 6 heteroatoms. The van der Waals surface area contributed by atoms with E-state index < -0.39 is 11.9 Å². The summed E-state index contributed by atoms with van der Waals surface area (Å²) in [5.41, 5.74) is 1.36. The number of nitrogens with one attached hydrogen (secondary N) is 1. The van der Waals surface area contributed by atoms with E-state index in [0.717, 1.165) is 0 Å². The molecule has 0 atom stereocenters. The van der Waals surface area contributed by atoms with Gasteiger partial charge in [-0.05, 0) is 6.92 Å². The molecule has 0 saturated carbocycles. The standard InChI is InChI=1S/C12H17NO5/c1-4-18-11(14)8-5-9(12(15)17-3)10(7-16-2)13-6-8/h6,13H,4-5,7H2,1-3H3. The van der Waals surface area contributed by atoms with E-state index in [0.29, 0.717) is 23.5 Å². The molecule has 0 aromatic carbocycles. The van der Waals surface area contributed by atoms with E-state index in [2.05, 4.69) is 10.1 Å². The molecule has 0 saturated heterocycles. The fraction of sp³-hybridized carbons (Fsp3) is 0.500. The molecule has 0 bridgehead atoms. The fourth-order valence-corrected chi connectivity index (χ4v) is 1.56. The maximum atomic E-state index is 11.6. The number of hydrogen-bond donors (Lipinski definition) is 1. The SMILES string of the molecule is CCOC(=O)C1=CNC(COC)=C(C(=O)OC)C1. The minimum Gasteiger partial charge on any atom is -0.466 e. The lowest BCUT2D eigenvalue weighted by atomic mass is 10.0. The predicted molar refractivity (Wildman–Crippen MR) is 63.4 cm³/mol. The van der Waals surface area contributed by atoms with Crippen molar-refractivity contribution >= 4 is 11.9 Å². The maximum absolute atomic E-state index is 11.6. The molecule has 0 aromatic rings. The van der Waals surface area contributed by atoms with Crippen LogP contribution in [0.3, 0.4) is 0 Å². The third kappa shape index (κ3) is 3.33. The van der Waals surface area contributed by atoms with E-state index in [1.807, 2.05) is 0 Å². The Kier molecular flexibility index (Phi) is 5.38. The van der Waals surface area contributed by atoms with E-state index in [1.54, 1.807) is 6.92 Å². The Morgan fingerprint density at radius 1 is 1.33 bits per heavy atom. The van der Waals surface area contributed by atoms with Crippen molar-refractivity contribution in [3.8, 4) is 0 Å². The number of carbonyl (C=O) groups is 2. The van der Waals surface area contributed by atoms with Gasteiger partial charge in [0.05, 0.1) is 37.2 Å². The molecule has 0 spiro atoms. The molecule has 0 aromatic heterocycles. The van der Waals surface area contributed by atoms with Crippen LogP contribution >= 0.6 is 0 Å². The number of methoxy groups -OCH3 is 2. The summed E-state index contributed by atoms with van der Waals surface area (Å²) in [4.78, 5) is 23.2. The van der Waals surface area contributed by atoms with Crippen molar-refractivity contribution in [3.63, 3.8) is 0 Å². The Morgan fingerprint density at radius 3 is 2.61 bits per heavy atom. The van der Waals surface area contributed by atoms with Crippen LogP contribution in [0.4, 0.5) is 0 Å². The van der Waals surface area contributed by atoms with Crippen LogP contribution in [0.5, 0.6) is 0 Å². The van der Waals surface area contributed by atoms with Crippen LogP contribution in [0.25, 0.3) is 0 Å². The Hall–Kier alpha value is -1.82. The van der Waals surface area contributed by atoms with Gasteiger partial charge in [-0.15, -0.1) is 0 Å². The van der Waals surface area contributed by atoms with Gasteiger partial charge in [0, 0.05) is 19.7 Å². The molecule has 100 valence electrons. The highest BCUT2D eigenvalue weighted by Crippen LogP contribution is 2.21. The first-order valence-electron chi connectivity index (χ1n) is 5.56. The molecule has 6 nitrogen and oxygen atoms in total. The van der Waals surface area contributed by atoms with Gasteiger partial charge in [-0.2, -0.15) is 0 Å². The Bertz CT molecular complexity index is 397. The van der Waals surface area contributed by atoms with Crippen LogP contribution in [0.15, 0.2) is 23.0 Å². The van der Waals surface area contributed by atoms with Crippen molar-refractivity contribution < 1.29 is 23.8 Å². The number of dihydropyridines is 1. The molecular formula is C12H17NO5. The normalized spacial score (nSPS) is 14.7. The number of esters is 2. The Balaban J connectivity index is 2.86. The average molecular weight is 255 g/mol. The van der Waals surface area contributed by atoms with Gasteiger partial charge in [0.25, 0.3) is 0 Å². The zero-order chi connectivity index (χ0) is 13.5. The molecule has 1 N–H and O–H groups in total. The first-order valence-corrected chi connectivity index (χ1v) is 5.56. The Labute approximate surface area is 106 Å². The molecule has 1 heterocycles. The first-order chi connectivity index (χ1) is 8.63. The summed E-state index contributed by atoms with van der Waals surface area (Å²) in [6.45, 7) is 2.26. The van der Waals surface area contributed by atoms with Crippen LogP contribution in [-0.2, 0) is 23.8 Å². The summed E-state index contributed by atoms with van der Waals surface area (Å²) < 4.78 is 14.5. The minimum absolute atomic E-state index is 0.178. The fourth-order valence-electron chi connectivity index (χ4n) is 1.56. The third-order valence-corrected chi connectivity index (χ3v) is 2.41. The quantitative estimate of drug-likeness (QED) is 0.721. The lowest BCUT2D eigenvalue weighted by Gasteiger charge is -2.19. The second-order valence-electron chi connectivity index (χ2n) is 3.59. The van der Waals surface area contributed by atoms with Crippen LogP contribution < -0.4 is 5.32 Å². The van der Waals surface area contributed by atoms with Gasteiger partial charge in [0.15, 0.2) is 0 Å². The highest BCUT2D eigenvalue weighted by atomic mass is 16.5. The van der Waals surface area contributed by atoms with Gasteiger partial charge in [0.2, 0.25) is 0 Å². The molecule has 1 aliphatic rings. The zero-order valence-electron chi connectivity index (χ0n) is 10.7. The highest BCUT2D eigenvalue weighted by molar-refractivity contribution is 5.96. The van der Waals surface area contributed by atoms with Gasteiger partial charge in [-0.1, -0.05) is 0 Å². The molecule has 1 rings (SSSR count).